The van der Waals surface area contributed by atoms with E-state index in [1.165, 1.54) is 14.2 Å². The Morgan fingerprint density at radius 3 is 2.64 bits per heavy atom. The van der Waals surface area contributed by atoms with Crippen LogP contribution >= 0.6 is 0 Å². The first-order valence-electron chi connectivity index (χ1n) is 6.91. The molecular formula is C15H15N5O2. The van der Waals surface area contributed by atoms with Crippen LogP contribution in [0.4, 0.5) is 0 Å². The van der Waals surface area contributed by atoms with Gasteiger partial charge in [0.15, 0.2) is 5.69 Å². The zero-order valence-corrected chi connectivity index (χ0v) is 12.6. The summed E-state index contributed by atoms with van der Waals surface area (Å²) >= 11 is 0. The van der Waals surface area contributed by atoms with Crippen molar-refractivity contribution >= 4 is 0 Å². The summed E-state index contributed by atoms with van der Waals surface area (Å²) < 4.78 is 10.3. The average Bonchev–Trinajstić information content (AvgIpc) is 3.30. The predicted molar refractivity (Wildman–Crippen MR) is 77.4 cm³/mol. The SMILES string of the molecule is COc1ncc(-c2cc([C@H]3C[C@@H]3C)c(C#N)nn2)c(OC)n1. The Morgan fingerprint density at radius 2 is 2.05 bits per heavy atom. The zero-order chi connectivity index (χ0) is 15.7. The maximum Gasteiger partial charge on any atom is 0.319 e. The Morgan fingerprint density at radius 1 is 1.27 bits per heavy atom. The maximum absolute atomic E-state index is 9.19. The van der Waals surface area contributed by atoms with Gasteiger partial charge in [0, 0.05) is 6.20 Å². The second-order valence-electron chi connectivity index (χ2n) is 5.24. The third kappa shape index (κ3) is 2.44. The molecule has 0 unspecified atom stereocenters. The standard InChI is InChI=1S/C15H15N5O2/c1-8-4-9(8)10-5-12(19-20-13(10)6-16)11-7-17-15(22-3)18-14(11)21-2/h5,7-9H,4H2,1-3H3/t8-,9-/m0/s1. The monoisotopic (exact) mass is 297 g/mol. The Kier molecular flexibility index (Phi) is 3.59. The highest BCUT2D eigenvalue weighted by atomic mass is 16.5. The van der Waals surface area contributed by atoms with Crippen molar-refractivity contribution in [2.75, 3.05) is 14.2 Å². The molecule has 1 fully saturated rings. The quantitative estimate of drug-likeness (QED) is 0.851. The van der Waals surface area contributed by atoms with Gasteiger partial charge in [-0.25, -0.2) is 4.98 Å². The molecule has 0 bridgehead atoms. The number of methoxy groups -OCH3 is 2. The third-order valence-corrected chi connectivity index (χ3v) is 3.82. The van der Waals surface area contributed by atoms with Gasteiger partial charge in [0.2, 0.25) is 5.88 Å². The van der Waals surface area contributed by atoms with Crippen molar-refractivity contribution in [2.24, 2.45) is 5.92 Å². The summed E-state index contributed by atoms with van der Waals surface area (Å²) in [6, 6.07) is 4.21. The Hall–Kier alpha value is -2.75. The predicted octanol–water partition coefficient (Wildman–Crippen LogP) is 1.95. The van der Waals surface area contributed by atoms with E-state index in [0.29, 0.717) is 34.7 Å². The molecule has 0 radical (unpaired) electrons. The fourth-order valence-electron chi connectivity index (χ4n) is 2.44. The van der Waals surface area contributed by atoms with Crippen molar-refractivity contribution in [1.82, 2.24) is 20.2 Å². The van der Waals surface area contributed by atoms with E-state index >= 15 is 0 Å². The summed E-state index contributed by atoms with van der Waals surface area (Å²) in [5.74, 6) is 1.30. The molecule has 2 aromatic heterocycles. The van der Waals surface area contributed by atoms with E-state index in [0.717, 1.165) is 12.0 Å². The van der Waals surface area contributed by atoms with Crippen molar-refractivity contribution in [2.45, 2.75) is 19.3 Å². The van der Waals surface area contributed by atoms with E-state index < -0.39 is 0 Å². The van der Waals surface area contributed by atoms with Gasteiger partial charge < -0.3 is 9.47 Å². The molecule has 0 amide bonds. The topological polar surface area (TPSA) is 93.8 Å². The normalized spacial score (nSPS) is 19.4. The highest BCUT2D eigenvalue weighted by molar-refractivity contribution is 5.65. The van der Waals surface area contributed by atoms with E-state index in [1.807, 2.05) is 6.07 Å². The van der Waals surface area contributed by atoms with Gasteiger partial charge >= 0.3 is 6.01 Å². The molecule has 7 nitrogen and oxygen atoms in total. The molecule has 3 rings (SSSR count). The van der Waals surface area contributed by atoms with Gasteiger partial charge in [-0.05, 0) is 29.9 Å². The summed E-state index contributed by atoms with van der Waals surface area (Å²) in [6.07, 6.45) is 2.65. The minimum atomic E-state index is 0.221. The molecule has 0 N–H and O–H groups in total. The van der Waals surface area contributed by atoms with Gasteiger partial charge in [-0.3, -0.25) is 0 Å². The molecule has 2 atom stereocenters. The summed E-state index contributed by atoms with van der Waals surface area (Å²) in [5, 5.41) is 17.3. The molecule has 0 aromatic carbocycles. The van der Waals surface area contributed by atoms with Crippen molar-refractivity contribution in [3.63, 3.8) is 0 Å². The number of rotatable bonds is 4. The summed E-state index contributed by atoms with van der Waals surface area (Å²) in [5.41, 5.74) is 2.52. The second-order valence-corrected chi connectivity index (χ2v) is 5.24. The first-order chi connectivity index (χ1) is 10.7. The first kappa shape index (κ1) is 14.2. The number of nitriles is 1. The fraction of sp³-hybridized carbons (Fsp3) is 0.400. The van der Waals surface area contributed by atoms with Crippen molar-refractivity contribution in [1.29, 1.82) is 5.26 Å². The summed E-state index contributed by atoms with van der Waals surface area (Å²) in [6.45, 7) is 2.16. The van der Waals surface area contributed by atoms with Crippen molar-refractivity contribution in [3.8, 4) is 29.2 Å². The summed E-state index contributed by atoms with van der Waals surface area (Å²) in [7, 11) is 3.01. The van der Waals surface area contributed by atoms with Gasteiger partial charge in [-0.2, -0.15) is 10.2 Å². The lowest BCUT2D eigenvalue weighted by Gasteiger charge is -2.09. The molecular weight excluding hydrogens is 282 g/mol. The molecule has 0 saturated heterocycles. The molecule has 2 heterocycles. The Bertz CT molecular complexity index is 756. The van der Waals surface area contributed by atoms with Gasteiger partial charge in [0.05, 0.1) is 19.8 Å². The van der Waals surface area contributed by atoms with Crippen LogP contribution < -0.4 is 9.47 Å². The lowest BCUT2D eigenvalue weighted by molar-refractivity contribution is 0.353. The molecule has 7 heteroatoms. The van der Waals surface area contributed by atoms with Crippen LogP contribution in [-0.2, 0) is 0 Å². The summed E-state index contributed by atoms with van der Waals surface area (Å²) in [4.78, 5) is 8.23. The minimum Gasteiger partial charge on any atom is -0.480 e. The third-order valence-electron chi connectivity index (χ3n) is 3.82. The minimum absolute atomic E-state index is 0.221. The second kappa shape index (κ2) is 5.56. The van der Waals surface area contributed by atoms with E-state index in [-0.39, 0.29) is 6.01 Å². The largest absolute Gasteiger partial charge is 0.480 e. The molecule has 2 aromatic rings. The van der Waals surface area contributed by atoms with Crippen LogP contribution in [0, 0.1) is 17.2 Å². The van der Waals surface area contributed by atoms with E-state index in [2.05, 4.69) is 33.2 Å². The van der Waals surface area contributed by atoms with Gasteiger partial charge in [0.25, 0.3) is 0 Å². The molecule has 22 heavy (non-hydrogen) atoms. The molecule has 112 valence electrons. The Balaban J connectivity index is 2.07. The molecule has 1 aliphatic carbocycles. The first-order valence-corrected chi connectivity index (χ1v) is 6.91. The average molecular weight is 297 g/mol. The number of hydrogen-bond donors (Lipinski definition) is 0. The van der Waals surface area contributed by atoms with Crippen molar-refractivity contribution in [3.05, 3.63) is 23.5 Å². The van der Waals surface area contributed by atoms with Crippen LogP contribution in [0.15, 0.2) is 12.3 Å². The van der Waals surface area contributed by atoms with Crippen LogP contribution in [0.3, 0.4) is 0 Å². The number of nitrogens with zero attached hydrogens (tertiary/aromatic N) is 5. The Labute approximate surface area is 128 Å². The van der Waals surface area contributed by atoms with Crippen LogP contribution in [0.2, 0.25) is 0 Å². The molecule has 1 aliphatic rings. The highest BCUT2D eigenvalue weighted by Crippen LogP contribution is 2.48. The molecule has 1 saturated carbocycles. The number of ether oxygens (including phenoxy) is 2. The van der Waals surface area contributed by atoms with Gasteiger partial charge in [-0.1, -0.05) is 6.92 Å². The van der Waals surface area contributed by atoms with E-state index in [9.17, 15) is 5.26 Å². The number of hydrogen-bond acceptors (Lipinski definition) is 7. The van der Waals surface area contributed by atoms with Gasteiger partial charge in [0.1, 0.15) is 11.8 Å². The number of aromatic nitrogens is 4. The molecule has 0 aliphatic heterocycles. The van der Waals surface area contributed by atoms with Crippen LogP contribution in [0.5, 0.6) is 11.9 Å². The van der Waals surface area contributed by atoms with Crippen LogP contribution in [0.25, 0.3) is 11.3 Å². The lowest BCUT2D eigenvalue weighted by atomic mass is 10.1. The maximum atomic E-state index is 9.19. The zero-order valence-electron chi connectivity index (χ0n) is 12.6. The molecule has 0 spiro atoms. The lowest BCUT2D eigenvalue weighted by Crippen LogP contribution is -2.02. The van der Waals surface area contributed by atoms with E-state index in [4.69, 9.17) is 9.47 Å². The smallest absolute Gasteiger partial charge is 0.319 e. The van der Waals surface area contributed by atoms with Crippen molar-refractivity contribution < 1.29 is 9.47 Å². The van der Waals surface area contributed by atoms with Crippen LogP contribution in [0.1, 0.15) is 30.5 Å². The highest BCUT2D eigenvalue weighted by Gasteiger charge is 2.36. The van der Waals surface area contributed by atoms with E-state index in [1.54, 1.807) is 6.20 Å². The van der Waals surface area contributed by atoms with Gasteiger partial charge in [-0.15, -0.1) is 10.2 Å². The fourth-order valence-corrected chi connectivity index (χ4v) is 2.44. The van der Waals surface area contributed by atoms with Crippen LogP contribution in [-0.4, -0.2) is 34.4 Å².